The van der Waals surface area contributed by atoms with Gasteiger partial charge in [-0.15, -0.1) is 35.3 Å². The average molecular weight is 564 g/mol. The molecular formula is C21H31ClIN5OS. The van der Waals surface area contributed by atoms with Crippen LogP contribution in [0.3, 0.4) is 0 Å². The molecule has 1 aliphatic heterocycles. The summed E-state index contributed by atoms with van der Waals surface area (Å²) in [5.41, 5.74) is 1.24. The van der Waals surface area contributed by atoms with Gasteiger partial charge in [-0.3, -0.25) is 4.90 Å². The van der Waals surface area contributed by atoms with Crippen molar-refractivity contribution in [3.05, 3.63) is 50.9 Å². The van der Waals surface area contributed by atoms with Gasteiger partial charge in [0, 0.05) is 42.3 Å². The van der Waals surface area contributed by atoms with Gasteiger partial charge < -0.3 is 15.4 Å². The lowest BCUT2D eigenvalue weighted by Crippen LogP contribution is -2.46. The van der Waals surface area contributed by atoms with Crippen LogP contribution in [-0.2, 0) is 17.7 Å². The lowest BCUT2D eigenvalue weighted by Gasteiger charge is -2.35. The number of morpholine rings is 1. The first kappa shape index (κ1) is 25.3. The molecule has 2 aromatic rings. The monoisotopic (exact) mass is 563 g/mol. The topological polar surface area (TPSA) is 61.8 Å². The van der Waals surface area contributed by atoms with Gasteiger partial charge in [-0.2, -0.15) is 0 Å². The summed E-state index contributed by atoms with van der Waals surface area (Å²) in [5, 5.41) is 8.67. The number of aryl methyl sites for hydroxylation is 1. The summed E-state index contributed by atoms with van der Waals surface area (Å²) in [5.74, 6) is 0.813. The molecule has 2 N–H and O–H groups in total. The molecule has 1 atom stereocenters. The fourth-order valence-electron chi connectivity index (χ4n) is 3.30. The van der Waals surface area contributed by atoms with Gasteiger partial charge in [0.2, 0.25) is 0 Å². The highest BCUT2D eigenvalue weighted by Gasteiger charge is 2.23. The van der Waals surface area contributed by atoms with Crippen LogP contribution in [-0.4, -0.2) is 55.2 Å². The number of hydrogen-bond acceptors (Lipinski definition) is 5. The van der Waals surface area contributed by atoms with Gasteiger partial charge in [-0.25, -0.2) is 9.98 Å². The molecule has 0 bridgehead atoms. The third-order valence-electron chi connectivity index (χ3n) is 4.87. The van der Waals surface area contributed by atoms with Gasteiger partial charge >= 0.3 is 0 Å². The van der Waals surface area contributed by atoms with Crippen molar-refractivity contribution in [2.45, 2.75) is 32.9 Å². The van der Waals surface area contributed by atoms with Crippen LogP contribution >= 0.6 is 46.9 Å². The van der Waals surface area contributed by atoms with Crippen molar-refractivity contribution in [2.75, 3.05) is 39.4 Å². The highest BCUT2D eigenvalue weighted by molar-refractivity contribution is 14.0. The Morgan fingerprint density at radius 2 is 1.97 bits per heavy atom. The lowest BCUT2D eigenvalue weighted by atomic mass is 10.0. The van der Waals surface area contributed by atoms with E-state index in [1.54, 1.807) is 11.3 Å². The number of thiazole rings is 1. The number of rotatable bonds is 8. The molecule has 0 saturated carbocycles. The van der Waals surface area contributed by atoms with Crippen molar-refractivity contribution in [3.63, 3.8) is 0 Å². The zero-order chi connectivity index (χ0) is 20.5. The van der Waals surface area contributed by atoms with E-state index in [0.717, 1.165) is 61.8 Å². The maximum atomic E-state index is 6.10. The molecule has 30 heavy (non-hydrogen) atoms. The minimum Gasteiger partial charge on any atom is -0.379 e. The molecule has 9 heteroatoms. The number of hydrogen-bond donors (Lipinski definition) is 2. The molecule has 0 radical (unpaired) electrons. The lowest BCUT2D eigenvalue weighted by molar-refractivity contribution is 0.0170. The van der Waals surface area contributed by atoms with Gasteiger partial charge in [0.1, 0.15) is 5.01 Å². The number of nitrogens with zero attached hydrogens (tertiary/aromatic N) is 3. The predicted octanol–water partition coefficient (Wildman–Crippen LogP) is 4.11. The quantitative estimate of drug-likeness (QED) is 0.288. The van der Waals surface area contributed by atoms with Gasteiger partial charge in [0.25, 0.3) is 0 Å². The van der Waals surface area contributed by atoms with Crippen molar-refractivity contribution in [3.8, 4) is 0 Å². The molecule has 6 nitrogen and oxygen atoms in total. The van der Waals surface area contributed by atoms with E-state index in [1.807, 2.05) is 18.3 Å². The number of aromatic nitrogens is 1. The summed E-state index contributed by atoms with van der Waals surface area (Å²) in [7, 11) is 0. The summed E-state index contributed by atoms with van der Waals surface area (Å²) in [6.07, 6.45) is 2.97. The maximum Gasteiger partial charge on any atom is 0.191 e. The highest BCUT2D eigenvalue weighted by Crippen LogP contribution is 2.23. The third kappa shape index (κ3) is 7.64. The minimum absolute atomic E-state index is 0. The Kier molecular flexibility index (Phi) is 11.4. The second-order valence-corrected chi connectivity index (χ2v) is 8.50. The normalized spacial score (nSPS) is 16.0. The highest BCUT2D eigenvalue weighted by atomic mass is 127. The molecule has 0 spiro atoms. The van der Waals surface area contributed by atoms with E-state index >= 15 is 0 Å². The van der Waals surface area contributed by atoms with E-state index in [4.69, 9.17) is 21.3 Å². The summed E-state index contributed by atoms with van der Waals surface area (Å²) >= 11 is 7.83. The van der Waals surface area contributed by atoms with Crippen LogP contribution in [0.4, 0.5) is 0 Å². The Bertz CT molecular complexity index is 780. The van der Waals surface area contributed by atoms with Gasteiger partial charge in [-0.05, 0) is 31.0 Å². The SMILES string of the molecule is CCNC(=NCc1ncc(CC)s1)NCC(c1ccc(Cl)cc1)N1CCOCC1.I. The number of nitrogens with one attached hydrogen (secondary N) is 2. The summed E-state index contributed by atoms with van der Waals surface area (Å²) in [6, 6.07) is 8.35. The number of benzene rings is 1. The van der Waals surface area contributed by atoms with Crippen molar-refractivity contribution in [1.29, 1.82) is 0 Å². The van der Waals surface area contributed by atoms with Crippen LogP contribution in [0.25, 0.3) is 0 Å². The minimum atomic E-state index is 0. The molecule has 1 saturated heterocycles. The predicted molar refractivity (Wildman–Crippen MR) is 136 cm³/mol. The van der Waals surface area contributed by atoms with Crippen molar-refractivity contribution in [1.82, 2.24) is 20.5 Å². The first-order valence-electron chi connectivity index (χ1n) is 10.2. The van der Waals surface area contributed by atoms with E-state index in [2.05, 4.69) is 46.5 Å². The molecule has 166 valence electrons. The first-order valence-corrected chi connectivity index (χ1v) is 11.4. The Morgan fingerprint density at radius 1 is 1.23 bits per heavy atom. The fourth-order valence-corrected chi connectivity index (χ4v) is 4.21. The van der Waals surface area contributed by atoms with E-state index in [1.165, 1.54) is 10.4 Å². The molecular weight excluding hydrogens is 533 g/mol. The number of aliphatic imine (C=N–C) groups is 1. The molecule has 1 unspecified atom stereocenters. The molecule has 0 amide bonds. The van der Waals surface area contributed by atoms with E-state index in [9.17, 15) is 0 Å². The number of guanidine groups is 1. The van der Waals surface area contributed by atoms with Crippen LogP contribution in [0.2, 0.25) is 5.02 Å². The van der Waals surface area contributed by atoms with Gasteiger partial charge in [0.05, 0.1) is 25.8 Å². The van der Waals surface area contributed by atoms with Crippen LogP contribution in [0, 0.1) is 0 Å². The van der Waals surface area contributed by atoms with E-state index in [-0.39, 0.29) is 30.0 Å². The van der Waals surface area contributed by atoms with Gasteiger partial charge in [-0.1, -0.05) is 30.7 Å². The molecule has 1 aromatic heterocycles. The van der Waals surface area contributed by atoms with Crippen LogP contribution in [0.15, 0.2) is 35.5 Å². The van der Waals surface area contributed by atoms with E-state index in [0.29, 0.717) is 6.54 Å². The standard InChI is InChI=1S/C21H30ClN5OS.HI/c1-3-18-13-24-20(29-18)15-26-21(23-4-2)25-14-19(27-9-11-28-12-10-27)16-5-7-17(22)8-6-16;/h5-8,13,19H,3-4,9-12,14-15H2,1-2H3,(H2,23,25,26);1H. The molecule has 1 fully saturated rings. The maximum absolute atomic E-state index is 6.10. The second-order valence-electron chi connectivity index (χ2n) is 6.87. The molecule has 0 aliphatic carbocycles. The van der Waals surface area contributed by atoms with Crippen LogP contribution in [0.1, 0.15) is 35.3 Å². The molecule has 1 aliphatic rings. The first-order chi connectivity index (χ1) is 14.2. The molecule has 1 aromatic carbocycles. The van der Waals surface area contributed by atoms with Crippen molar-refractivity contribution >= 4 is 52.9 Å². The Labute approximate surface area is 205 Å². The zero-order valence-electron chi connectivity index (χ0n) is 17.6. The Hall–Kier alpha value is -0.940. The average Bonchev–Trinajstić information content (AvgIpc) is 3.22. The smallest absolute Gasteiger partial charge is 0.191 e. The third-order valence-corrected chi connectivity index (χ3v) is 6.25. The fraction of sp³-hybridized carbons (Fsp3) is 0.524. The second kappa shape index (κ2) is 13.5. The molecule has 2 heterocycles. The van der Waals surface area contributed by atoms with Crippen molar-refractivity contribution < 1.29 is 4.74 Å². The van der Waals surface area contributed by atoms with Crippen LogP contribution in [0.5, 0.6) is 0 Å². The summed E-state index contributed by atoms with van der Waals surface area (Å²) in [4.78, 5) is 12.9. The number of halogens is 2. The van der Waals surface area contributed by atoms with Crippen molar-refractivity contribution in [2.24, 2.45) is 4.99 Å². The van der Waals surface area contributed by atoms with Gasteiger partial charge in [0.15, 0.2) is 5.96 Å². The Balaban J connectivity index is 0.00000320. The van der Waals surface area contributed by atoms with E-state index < -0.39 is 0 Å². The Morgan fingerprint density at radius 3 is 2.60 bits per heavy atom. The zero-order valence-corrected chi connectivity index (χ0v) is 21.5. The molecule has 3 rings (SSSR count). The summed E-state index contributed by atoms with van der Waals surface area (Å²) in [6.45, 7) is 9.75. The number of ether oxygens (including phenoxy) is 1. The largest absolute Gasteiger partial charge is 0.379 e. The summed E-state index contributed by atoms with van der Waals surface area (Å²) < 4.78 is 5.54. The van der Waals surface area contributed by atoms with Crippen LogP contribution < -0.4 is 10.6 Å².